The number of rotatable bonds is 6. The summed E-state index contributed by atoms with van der Waals surface area (Å²) in [6.45, 7) is 1.88. The van der Waals surface area contributed by atoms with Crippen LogP contribution in [0.5, 0.6) is 0 Å². The van der Waals surface area contributed by atoms with Gasteiger partial charge in [0, 0.05) is 28.9 Å². The zero-order valence-corrected chi connectivity index (χ0v) is 14.6. The molecular formula is C16H30N2O3S. The Morgan fingerprint density at radius 2 is 1.82 bits per heavy atom. The lowest BCUT2D eigenvalue weighted by Crippen LogP contribution is -2.52. The first kappa shape index (κ1) is 17.7. The van der Waals surface area contributed by atoms with Crippen molar-refractivity contribution in [3.05, 3.63) is 0 Å². The van der Waals surface area contributed by atoms with Crippen molar-refractivity contribution in [3.63, 3.8) is 0 Å². The van der Waals surface area contributed by atoms with E-state index in [2.05, 4.69) is 10.6 Å². The molecule has 6 heteroatoms. The van der Waals surface area contributed by atoms with Crippen molar-refractivity contribution >= 4 is 16.8 Å². The maximum absolute atomic E-state index is 12.1. The van der Waals surface area contributed by atoms with Gasteiger partial charge in [0.15, 0.2) is 0 Å². The van der Waals surface area contributed by atoms with Gasteiger partial charge in [0.2, 0.25) is 0 Å². The van der Waals surface area contributed by atoms with Crippen LogP contribution < -0.4 is 10.6 Å². The highest BCUT2D eigenvalue weighted by Gasteiger charge is 2.30. The number of urea groups is 1. The zero-order chi connectivity index (χ0) is 15.9. The molecule has 0 unspecified atom stereocenters. The summed E-state index contributed by atoms with van der Waals surface area (Å²) < 4.78 is 17.4. The summed E-state index contributed by atoms with van der Waals surface area (Å²) in [6.07, 6.45) is 11.4. The lowest BCUT2D eigenvalue weighted by molar-refractivity contribution is -0.0410. The second kappa shape index (κ2) is 8.87. The lowest BCUT2D eigenvalue weighted by Gasteiger charge is -2.34. The number of carbonyl (C=O) groups excluding carboxylic acids is 1. The van der Waals surface area contributed by atoms with Crippen LogP contribution in [-0.2, 0) is 15.5 Å². The quantitative estimate of drug-likeness (QED) is 0.785. The molecule has 0 aromatic heterocycles. The lowest BCUT2D eigenvalue weighted by atomic mass is 9.92. The standard InChI is InChI=1S/C16H30N2O3S/c1-12(11-22(2)20)17-16(19)18-14-9-5-6-10-15(14)21-13-7-3-4-8-13/h12-15H,3-11H2,1-2H3,(H2,17,18,19)/t12-,14-,15-,22+/m1/s1. The van der Waals surface area contributed by atoms with E-state index in [0.717, 1.165) is 32.1 Å². The number of hydrogen-bond acceptors (Lipinski definition) is 3. The Balaban J connectivity index is 1.79. The van der Waals surface area contributed by atoms with Crippen LogP contribution in [0.25, 0.3) is 0 Å². The molecule has 2 N–H and O–H groups in total. The summed E-state index contributed by atoms with van der Waals surface area (Å²) in [6, 6.07) is -0.137. The van der Waals surface area contributed by atoms with Gasteiger partial charge in [-0.3, -0.25) is 4.21 Å². The van der Waals surface area contributed by atoms with E-state index in [1.807, 2.05) is 6.92 Å². The first-order valence-corrected chi connectivity index (χ1v) is 10.3. The molecule has 0 bridgehead atoms. The Kier molecular flexibility index (Phi) is 7.15. The second-order valence-electron chi connectivity index (χ2n) is 6.73. The highest BCUT2D eigenvalue weighted by molar-refractivity contribution is 7.84. The van der Waals surface area contributed by atoms with Gasteiger partial charge in [0.25, 0.3) is 0 Å². The molecule has 2 aliphatic carbocycles. The van der Waals surface area contributed by atoms with E-state index in [-0.39, 0.29) is 24.2 Å². The summed E-state index contributed by atoms with van der Waals surface area (Å²) in [7, 11) is -0.896. The van der Waals surface area contributed by atoms with Crippen LogP contribution in [0.15, 0.2) is 0 Å². The minimum Gasteiger partial charge on any atom is -0.373 e. The average Bonchev–Trinajstić information content (AvgIpc) is 2.92. The van der Waals surface area contributed by atoms with Gasteiger partial charge in [0.1, 0.15) is 0 Å². The number of nitrogens with one attached hydrogen (secondary N) is 2. The van der Waals surface area contributed by atoms with Crippen molar-refractivity contribution in [2.45, 2.75) is 82.6 Å². The Morgan fingerprint density at radius 1 is 1.18 bits per heavy atom. The maximum Gasteiger partial charge on any atom is 0.315 e. The highest BCUT2D eigenvalue weighted by Crippen LogP contribution is 2.28. The predicted molar refractivity (Wildman–Crippen MR) is 89.4 cm³/mol. The van der Waals surface area contributed by atoms with Crippen LogP contribution in [0.4, 0.5) is 4.79 Å². The first-order chi connectivity index (χ1) is 10.5. The molecule has 2 saturated carbocycles. The molecule has 0 aliphatic heterocycles. The summed E-state index contributed by atoms with van der Waals surface area (Å²) in [5, 5.41) is 5.95. The molecule has 0 radical (unpaired) electrons. The van der Waals surface area contributed by atoms with Crippen LogP contribution >= 0.6 is 0 Å². The first-order valence-electron chi connectivity index (χ1n) is 8.57. The van der Waals surface area contributed by atoms with Gasteiger partial charge >= 0.3 is 6.03 Å². The fourth-order valence-electron chi connectivity index (χ4n) is 3.52. The molecule has 4 atom stereocenters. The van der Waals surface area contributed by atoms with Crippen molar-refractivity contribution < 1.29 is 13.7 Å². The maximum atomic E-state index is 12.1. The number of ether oxygens (including phenoxy) is 1. The van der Waals surface area contributed by atoms with Gasteiger partial charge in [-0.05, 0) is 32.6 Å². The number of amides is 2. The summed E-state index contributed by atoms with van der Waals surface area (Å²) >= 11 is 0. The van der Waals surface area contributed by atoms with Crippen LogP contribution in [-0.4, -0.2) is 46.5 Å². The molecule has 0 heterocycles. The fourth-order valence-corrected chi connectivity index (χ4v) is 4.31. The smallest absolute Gasteiger partial charge is 0.315 e. The molecule has 128 valence electrons. The Bertz CT molecular complexity index is 386. The Morgan fingerprint density at radius 3 is 2.50 bits per heavy atom. The molecule has 5 nitrogen and oxygen atoms in total. The van der Waals surface area contributed by atoms with Gasteiger partial charge in [-0.25, -0.2) is 4.79 Å². The molecule has 0 spiro atoms. The molecule has 2 fully saturated rings. The summed E-state index contributed by atoms with van der Waals surface area (Å²) in [5.74, 6) is 0.486. The summed E-state index contributed by atoms with van der Waals surface area (Å²) in [4.78, 5) is 12.1. The van der Waals surface area contributed by atoms with E-state index in [1.165, 1.54) is 19.3 Å². The fraction of sp³-hybridized carbons (Fsp3) is 0.938. The molecule has 0 aromatic rings. The van der Waals surface area contributed by atoms with Gasteiger partial charge in [-0.2, -0.15) is 0 Å². The van der Waals surface area contributed by atoms with E-state index in [9.17, 15) is 9.00 Å². The minimum absolute atomic E-state index is 0.0800. The number of hydrogen-bond donors (Lipinski definition) is 2. The Hall–Kier alpha value is -0.620. The third-order valence-electron chi connectivity index (χ3n) is 4.55. The third kappa shape index (κ3) is 5.88. The molecule has 2 aliphatic rings. The van der Waals surface area contributed by atoms with Crippen LogP contribution in [0.1, 0.15) is 58.3 Å². The molecule has 0 aromatic carbocycles. The normalized spacial score (nSPS) is 29.0. The average molecular weight is 330 g/mol. The van der Waals surface area contributed by atoms with Gasteiger partial charge in [0.05, 0.1) is 18.2 Å². The molecular weight excluding hydrogens is 300 g/mol. The molecule has 2 amide bonds. The molecule has 22 heavy (non-hydrogen) atoms. The molecule has 0 saturated heterocycles. The van der Waals surface area contributed by atoms with Crippen LogP contribution in [0, 0.1) is 0 Å². The van der Waals surface area contributed by atoms with E-state index in [0.29, 0.717) is 11.9 Å². The SMILES string of the molecule is C[C@H](C[S@](C)=O)NC(=O)N[C@@H]1CCCC[C@H]1OC1CCCC1. The van der Waals surface area contributed by atoms with E-state index in [1.54, 1.807) is 6.26 Å². The number of carbonyl (C=O) groups is 1. The minimum atomic E-state index is -0.896. The predicted octanol–water partition coefficient (Wildman–Crippen LogP) is 2.32. The monoisotopic (exact) mass is 330 g/mol. The zero-order valence-electron chi connectivity index (χ0n) is 13.8. The van der Waals surface area contributed by atoms with Gasteiger partial charge in [-0.1, -0.05) is 25.7 Å². The van der Waals surface area contributed by atoms with Gasteiger partial charge < -0.3 is 15.4 Å². The van der Waals surface area contributed by atoms with Crippen molar-refractivity contribution in [1.29, 1.82) is 0 Å². The highest BCUT2D eigenvalue weighted by atomic mass is 32.2. The van der Waals surface area contributed by atoms with Crippen molar-refractivity contribution in [3.8, 4) is 0 Å². The third-order valence-corrected chi connectivity index (χ3v) is 5.52. The largest absolute Gasteiger partial charge is 0.373 e. The van der Waals surface area contributed by atoms with Crippen molar-refractivity contribution in [1.82, 2.24) is 10.6 Å². The van der Waals surface area contributed by atoms with Crippen LogP contribution in [0.3, 0.4) is 0 Å². The van der Waals surface area contributed by atoms with Crippen molar-refractivity contribution in [2.75, 3.05) is 12.0 Å². The second-order valence-corrected chi connectivity index (χ2v) is 8.21. The topological polar surface area (TPSA) is 67.4 Å². The van der Waals surface area contributed by atoms with E-state index < -0.39 is 10.8 Å². The van der Waals surface area contributed by atoms with Crippen molar-refractivity contribution in [2.24, 2.45) is 0 Å². The van der Waals surface area contributed by atoms with Crippen LogP contribution in [0.2, 0.25) is 0 Å². The van der Waals surface area contributed by atoms with Gasteiger partial charge in [-0.15, -0.1) is 0 Å². The molecule has 2 rings (SSSR count). The van der Waals surface area contributed by atoms with E-state index in [4.69, 9.17) is 4.74 Å². The Labute approximate surface area is 136 Å². The summed E-state index contributed by atoms with van der Waals surface area (Å²) in [5.41, 5.74) is 0. The van der Waals surface area contributed by atoms with E-state index >= 15 is 0 Å².